The zero-order valence-electron chi connectivity index (χ0n) is 20.4. The van der Waals surface area contributed by atoms with Gasteiger partial charge in [-0.3, -0.25) is 9.59 Å². The molecular formula is C30H23ClN2O4S. The number of benzene rings is 4. The van der Waals surface area contributed by atoms with E-state index in [2.05, 4.69) is 5.32 Å². The summed E-state index contributed by atoms with van der Waals surface area (Å²) in [6.45, 7) is 2.34. The van der Waals surface area contributed by atoms with Crippen LogP contribution >= 0.6 is 23.4 Å². The SMILES string of the molecule is CCOc1ccccc1NC1=C(Sc2ccc(Cl)cc2)C(=O)N(c2ccc(Oc3ccccc3)cc2)C1=O. The molecule has 1 N–H and O–H groups in total. The first-order valence-corrected chi connectivity index (χ1v) is 13.1. The zero-order chi connectivity index (χ0) is 26.5. The molecule has 6 nitrogen and oxygen atoms in total. The number of ether oxygens (including phenoxy) is 2. The Labute approximate surface area is 229 Å². The normalized spacial score (nSPS) is 13.2. The molecular weight excluding hydrogens is 520 g/mol. The predicted molar refractivity (Wildman–Crippen MR) is 151 cm³/mol. The fourth-order valence-corrected chi connectivity index (χ4v) is 4.90. The van der Waals surface area contributed by atoms with Gasteiger partial charge in [0.2, 0.25) is 0 Å². The van der Waals surface area contributed by atoms with Crippen molar-refractivity contribution >= 4 is 46.6 Å². The van der Waals surface area contributed by atoms with E-state index in [1.165, 1.54) is 11.8 Å². The molecule has 0 saturated heterocycles. The third kappa shape index (κ3) is 5.54. The van der Waals surface area contributed by atoms with Gasteiger partial charge in [-0.05, 0) is 79.7 Å². The smallest absolute Gasteiger partial charge is 0.283 e. The number of hydrogen-bond donors (Lipinski definition) is 1. The lowest BCUT2D eigenvalue weighted by molar-refractivity contribution is -0.120. The third-order valence-corrected chi connectivity index (χ3v) is 6.94. The summed E-state index contributed by atoms with van der Waals surface area (Å²) in [5.41, 5.74) is 1.20. The maximum atomic E-state index is 13.7. The number of thioether (sulfide) groups is 1. The van der Waals surface area contributed by atoms with Gasteiger partial charge in [-0.15, -0.1) is 0 Å². The molecule has 0 spiro atoms. The van der Waals surface area contributed by atoms with Gasteiger partial charge in [-0.2, -0.15) is 0 Å². The maximum absolute atomic E-state index is 13.7. The molecule has 4 aromatic rings. The first kappa shape index (κ1) is 25.4. The van der Waals surface area contributed by atoms with Gasteiger partial charge in [0.15, 0.2) is 0 Å². The highest BCUT2D eigenvalue weighted by molar-refractivity contribution is 8.04. The van der Waals surface area contributed by atoms with E-state index in [1.807, 2.05) is 67.6 Å². The molecule has 1 aliphatic rings. The van der Waals surface area contributed by atoms with Crippen molar-refractivity contribution in [3.8, 4) is 17.2 Å². The number of amides is 2. The number of carbonyl (C=O) groups is 2. The van der Waals surface area contributed by atoms with Crippen LogP contribution in [0.15, 0.2) is 119 Å². The van der Waals surface area contributed by atoms with Crippen molar-refractivity contribution in [2.45, 2.75) is 11.8 Å². The van der Waals surface area contributed by atoms with Gasteiger partial charge < -0.3 is 14.8 Å². The molecule has 5 rings (SSSR count). The Hall–Kier alpha value is -4.20. The molecule has 0 atom stereocenters. The van der Waals surface area contributed by atoms with E-state index in [0.717, 1.165) is 9.80 Å². The van der Waals surface area contributed by atoms with Crippen LogP contribution in [0.25, 0.3) is 0 Å². The van der Waals surface area contributed by atoms with Crippen molar-refractivity contribution in [3.63, 3.8) is 0 Å². The summed E-state index contributed by atoms with van der Waals surface area (Å²) >= 11 is 7.25. The summed E-state index contributed by atoms with van der Waals surface area (Å²) in [4.78, 5) is 29.6. The van der Waals surface area contributed by atoms with Crippen molar-refractivity contribution in [2.75, 3.05) is 16.8 Å². The Morgan fingerprint density at radius 1 is 0.789 bits per heavy atom. The highest BCUT2D eigenvalue weighted by Crippen LogP contribution is 2.39. The van der Waals surface area contributed by atoms with E-state index in [0.29, 0.717) is 40.3 Å². The number of anilines is 2. The van der Waals surface area contributed by atoms with E-state index in [-0.39, 0.29) is 10.6 Å². The lowest BCUT2D eigenvalue weighted by Gasteiger charge is -2.16. The Morgan fingerprint density at radius 2 is 1.45 bits per heavy atom. The number of para-hydroxylation sites is 3. The fraction of sp³-hybridized carbons (Fsp3) is 0.0667. The quantitative estimate of drug-likeness (QED) is 0.221. The van der Waals surface area contributed by atoms with E-state index in [9.17, 15) is 9.59 Å². The predicted octanol–water partition coefficient (Wildman–Crippen LogP) is 7.52. The van der Waals surface area contributed by atoms with Crippen LogP contribution in [-0.4, -0.2) is 18.4 Å². The Bertz CT molecular complexity index is 1490. The van der Waals surface area contributed by atoms with E-state index in [1.54, 1.807) is 42.5 Å². The minimum absolute atomic E-state index is 0.173. The Morgan fingerprint density at radius 3 is 2.16 bits per heavy atom. The van der Waals surface area contributed by atoms with Crippen LogP contribution < -0.4 is 19.7 Å². The molecule has 0 bridgehead atoms. The Kier molecular flexibility index (Phi) is 7.67. The van der Waals surface area contributed by atoms with Gasteiger partial charge in [-0.1, -0.05) is 53.7 Å². The minimum Gasteiger partial charge on any atom is -0.492 e. The molecule has 0 saturated carbocycles. The van der Waals surface area contributed by atoms with Crippen LogP contribution in [0.3, 0.4) is 0 Å². The first-order valence-electron chi connectivity index (χ1n) is 11.9. The molecule has 1 aliphatic heterocycles. The number of nitrogens with one attached hydrogen (secondary N) is 1. The van der Waals surface area contributed by atoms with Crippen molar-refractivity contribution in [3.05, 3.63) is 119 Å². The zero-order valence-corrected chi connectivity index (χ0v) is 22.0. The number of rotatable bonds is 9. The fourth-order valence-electron chi connectivity index (χ4n) is 3.84. The maximum Gasteiger partial charge on any atom is 0.283 e. The number of nitrogens with zero attached hydrogens (tertiary/aromatic N) is 1. The molecule has 0 aliphatic carbocycles. The van der Waals surface area contributed by atoms with Gasteiger partial charge in [0, 0.05) is 9.92 Å². The minimum atomic E-state index is -0.463. The second-order valence-electron chi connectivity index (χ2n) is 8.17. The summed E-state index contributed by atoms with van der Waals surface area (Å²) in [5.74, 6) is 0.972. The van der Waals surface area contributed by atoms with Crippen molar-refractivity contribution < 1.29 is 19.1 Å². The lowest BCUT2D eigenvalue weighted by Crippen LogP contribution is -2.32. The van der Waals surface area contributed by atoms with Crippen LogP contribution in [-0.2, 0) is 9.59 Å². The molecule has 0 unspecified atom stereocenters. The van der Waals surface area contributed by atoms with Crippen LogP contribution in [0.2, 0.25) is 5.02 Å². The van der Waals surface area contributed by atoms with E-state index < -0.39 is 11.8 Å². The van der Waals surface area contributed by atoms with Crippen LogP contribution in [0.4, 0.5) is 11.4 Å². The second kappa shape index (κ2) is 11.5. The molecule has 38 heavy (non-hydrogen) atoms. The van der Waals surface area contributed by atoms with Crippen LogP contribution in [0, 0.1) is 0 Å². The Balaban J connectivity index is 1.46. The second-order valence-corrected chi connectivity index (χ2v) is 9.69. The summed E-state index contributed by atoms with van der Waals surface area (Å²) < 4.78 is 11.6. The summed E-state index contributed by atoms with van der Waals surface area (Å²) in [6.07, 6.45) is 0. The van der Waals surface area contributed by atoms with Crippen LogP contribution in [0.5, 0.6) is 17.2 Å². The first-order chi connectivity index (χ1) is 18.5. The molecule has 0 aromatic heterocycles. The highest BCUT2D eigenvalue weighted by Gasteiger charge is 2.40. The molecule has 1 heterocycles. The monoisotopic (exact) mass is 542 g/mol. The molecule has 0 radical (unpaired) electrons. The molecule has 0 fully saturated rings. The number of hydrogen-bond acceptors (Lipinski definition) is 6. The van der Waals surface area contributed by atoms with Crippen molar-refractivity contribution in [1.29, 1.82) is 0 Å². The molecule has 2 amide bonds. The summed E-state index contributed by atoms with van der Waals surface area (Å²) in [7, 11) is 0. The van der Waals surface area contributed by atoms with Crippen molar-refractivity contribution in [1.82, 2.24) is 0 Å². The van der Waals surface area contributed by atoms with Crippen LogP contribution in [0.1, 0.15) is 6.92 Å². The number of carbonyl (C=O) groups excluding carboxylic acids is 2. The number of imide groups is 1. The lowest BCUT2D eigenvalue weighted by atomic mass is 10.2. The van der Waals surface area contributed by atoms with Gasteiger partial charge in [-0.25, -0.2) is 4.90 Å². The van der Waals surface area contributed by atoms with Crippen molar-refractivity contribution in [2.24, 2.45) is 0 Å². The van der Waals surface area contributed by atoms with Gasteiger partial charge in [0.25, 0.3) is 11.8 Å². The molecule has 190 valence electrons. The van der Waals surface area contributed by atoms with Gasteiger partial charge in [0.05, 0.1) is 18.0 Å². The number of halogens is 1. The van der Waals surface area contributed by atoms with E-state index >= 15 is 0 Å². The van der Waals surface area contributed by atoms with E-state index in [4.69, 9.17) is 21.1 Å². The molecule has 4 aromatic carbocycles. The van der Waals surface area contributed by atoms with Gasteiger partial charge >= 0.3 is 0 Å². The average molecular weight is 543 g/mol. The topological polar surface area (TPSA) is 67.9 Å². The summed E-state index contributed by atoms with van der Waals surface area (Å²) in [5, 5.41) is 3.75. The highest BCUT2D eigenvalue weighted by atomic mass is 35.5. The largest absolute Gasteiger partial charge is 0.492 e. The summed E-state index contributed by atoms with van der Waals surface area (Å²) in [6, 6.07) is 30.6. The standard InChI is InChI=1S/C30H23ClN2O4S/c1-2-36-26-11-7-6-10-25(26)32-27-28(38-24-18-12-20(31)13-19-24)30(35)33(29(27)34)21-14-16-23(17-15-21)37-22-8-4-3-5-9-22/h3-19,32H,2H2,1H3. The van der Waals surface area contributed by atoms with Gasteiger partial charge in [0.1, 0.15) is 27.9 Å². The third-order valence-electron chi connectivity index (χ3n) is 5.60. The molecule has 8 heteroatoms. The average Bonchev–Trinajstić information content (AvgIpc) is 3.16.